The van der Waals surface area contributed by atoms with Gasteiger partial charge in [0.2, 0.25) is 5.91 Å². The third kappa shape index (κ3) is 5.20. The SMILES string of the molecule is NC(=O)c1ccc(-n2ccc(NC[C@H](O)c3ccccc3)c(C(=O)O)c2=O)c(N2CCCCC2)c1. The van der Waals surface area contributed by atoms with Crippen LogP contribution in [0.1, 0.15) is 51.6 Å². The lowest BCUT2D eigenvalue weighted by atomic mass is 10.1. The number of aliphatic hydroxyl groups excluding tert-OH is 1. The van der Waals surface area contributed by atoms with Crippen LogP contribution in [0, 0.1) is 0 Å². The van der Waals surface area contributed by atoms with Crippen LogP contribution in [0.2, 0.25) is 0 Å². The zero-order chi connectivity index (χ0) is 24.9. The number of anilines is 2. The number of hydrogen-bond acceptors (Lipinski definition) is 6. The first-order valence-corrected chi connectivity index (χ1v) is 11.5. The lowest BCUT2D eigenvalue weighted by Gasteiger charge is -2.31. The van der Waals surface area contributed by atoms with Crippen molar-refractivity contribution in [2.75, 3.05) is 29.9 Å². The minimum Gasteiger partial charge on any atom is -0.477 e. The number of rotatable bonds is 8. The van der Waals surface area contributed by atoms with Gasteiger partial charge in [0.15, 0.2) is 0 Å². The predicted molar refractivity (Wildman–Crippen MR) is 133 cm³/mol. The maximum absolute atomic E-state index is 13.4. The molecule has 1 saturated heterocycles. The Hall–Kier alpha value is -4.11. The van der Waals surface area contributed by atoms with E-state index in [0.717, 1.165) is 32.4 Å². The summed E-state index contributed by atoms with van der Waals surface area (Å²) in [5.41, 5.74) is 6.55. The van der Waals surface area contributed by atoms with Crippen LogP contribution in [-0.2, 0) is 0 Å². The van der Waals surface area contributed by atoms with Crippen LogP contribution in [0.5, 0.6) is 0 Å². The van der Waals surface area contributed by atoms with E-state index in [2.05, 4.69) is 10.2 Å². The molecular weight excluding hydrogens is 448 g/mol. The van der Waals surface area contributed by atoms with E-state index < -0.39 is 29.1 Å². The molecule has 3 aromatic rings. The van der Waals surface area contributed by atoms with Gasteiger partial charge in [-0.3, -0.25) is 14.2 Å². The lowest BCUT2D eigenvalue weighted by Crippen LogP contribution is -2.33. The standard InChI is InChI=1S/C26H28N4O5/c27-24(32)18-9-10-20(21(15-18)29-12-5-2-6-13-29)30-14-11-19(23(25(30)33)26(34)35)28-16-22(31)17-7-3-1-4-8-17/h1,3-4,7-11,14-15,22,28,31H,2,5-6,12-13,16H2,(H2,27,32)(H,34,35)/t22-/m0/s1. The Morgan fingerprint density at radius 3 is 2.37 bits per heavy atom. The first-order chi connectivity index (χ1) is 16.9. The number of pyridine rings is 1. The van der Waals surface area contributed by atoms with E-state index in [1.165, 1.54) is 22.9 Å². The van der Waals surface area contributed by atoms with Crippen molar-refractivity contribution in [2.24, 2.45) is 5.73 Å². The number of aliphatic hydroxyl groups is 1. The molecule has 1 aliphatic rings. The van der Waals surface area contributed by atoms with Crippen molar-refractivity contribution in [3.8, 4) is 5.69 Å². The molecule has 5 N–H and O–H groups in total. The molecule has 35 heavy (non-hydrogen) atoms. The number of carboxylic acid groups (broad SMARTS) is 1. The van der Waals surface area contributed by atoms with Crippen molar-refractivity contribution in [3.63, 3.8) is 0 Å². The maximum atomic E-state index is 13.4. The van der Waals surface area contributed by atoms with Crippen molar-refractivity contribution in [1.82, 2.24) is 4.57 Å². The number of piperidine rings is 1. The Morgan fingerprint density at radius 2 is 1.71 bits per heavy atom. The summed E-state index contributed by atoms with van der Waals surface area (Å²) >= 11 is 0. The molecule has 1 atom stereocenters. The van der Waals surface area contributed by atoms with E-state index in [-0.39, 0.29) is 12.2 Å². The highest BCUT2D eigenvalue weighted by Gasteiger charge is 2.22. The molecule has 9 nitrogen and oxygen atoms in total. The second-order valence-electron chi connectivity index (χ2n) is 8.51. The monoisotopic (exact) mass is 476 g/mol. The molecular formula is C26H28N4O5. The maximum Gasteiger partial charge on any atom is 0.343 e. The summed E-state index contributed by atoms with van der Waals surface area (Å²) in [7, 11) is 0. The van der Waals surface area contributed by atoms with Gasteiger partial charge in [-0.15, -0.1) is 0 Å². The number of carbonyl (C=O) groups excluding carboxylic acids is 1. The molecule has 9 heteroatoms. The number of benzene rings is 2. The summed E-state index contributed by atoms with van der Waals surface area (Å²) in [6, 6.07) is 15.3. The minimum atomic E-state index is -1.38. The predicted octanol–water partition coefficient (Wildman–Crippen LogP) is 2.77. The molecule has 1 amide bonds. The summed E-state index contributed by atoms with van der Waals surface area (Å²) < 4.78 is 1.27. The van der Waals surface area contributed by atoms with Gasteiger partial charge in [-0.2, -0.15) is 0 Å². The number of hydrogen-bond donors (Lipinski definition) is 4. The molecule has 0 bridgehead atoms. The fourth-order valence-electron chi connectivity index (χ4n) is 4.35. The van der Waals surface area contributed by atoms with Gasteiger partial charge in [0.1, 0.15) is 5.56 Å². The van der Waals surface area contributed by atoms with E-state index in [1.807, 2.05) is 6.07 Å². The number of nitrogens with two attached hydrogens (primary N) is 1. The van der Waals surface area contributed by atoms with Crippen LogP contribution in [0.15, 0.2) is 65.6 Å². The third-order valence-corrected chi connectivity index (χ3v) is 6.19. The van der Waals surface area contributed by atoms with E-state index >= 15 is 0 Å². The molecule has 1 aliphatic heterocycles. The average Bonchev–Trinajstić information content (AvgIpc) is 2.87. The normalized spacial score (nSPS) is 14.4. The fourth-order valence-corrected chi connectivity index (χ4v) is 4.35. The first-order valence-electron chi connectivity index (χ1n) is 11.5. The molecule has 0 spiro atoms. The molecule has 4 rings (SSSR count). The van der Waals surface area contributed by atoms with Crippen LogP contribution >= 0.6 is 0 Å². The van der Waals surface area contributed by atoms with Gasteiger partial charge in [-0.25, -0.2) is 4.79 Å². The third-order valence-electron chi connectivity index (χ3n) is 6.19. The quantitative estimate of drug-likeness (QED) is 0.392. The van der Waals surface area contributed by atoms with Crippen molar-refractivity contribution in [1.29, 1.82) is 0 Å². The molecule has 0 radical (unpaired) electrons. The summed E-state index contributed by atoms with van der Waals surface area (Å²) in [6.45, 7) is 1.54. The van der Waals surface area contributed by atoms with E-state index in [1.54, 1.807) is 36.4 Å². The fraction of sp³-hybridized carbons (Fsp3) is 0.269. The number of nitrogens with zero attached hydrogens (tertiary/aromatic N) is 2. The Kier molecular flexibility index (Phi) is 7.17. The van der Waals surface area contributed by atoms with E-state index in [9.17, 15) is 24.6 Å². The molecule has 0 saturated carbocycles. The van der Waals surface area contributed by atoms with Gasteiger partial charge < -0.3 is 26.2 Å². The van der Waals surface area contributed by atoms with Crippen molar-refractivity contribution in [2.45, 2.75) is 25.4 Å². The summed E-state index contributed by atoms with van der Waals surface area (Å²) in [5.74, 6) is -1.96. The number of primary amides is 1. The highest BCUT2D eigenvalue weighted by molar-refractivity contribution is 5.95. The topological polar surface area (TPSA) is 138 Å². The Balaban J connectivity index is 1.72. The van der Waals surface area contributed by atoms with Crippen molar-refractivity contribution >= 4 is 23.3 Å². The van der Waals surface area contributed by atoms with Crippen molar-refractivity contribution in [3.05, 3.63) is 87.8 Å². The van der Waals surface area contributed by atoms with Gasteiger partial charge in [0, 0.05) is 31.4 Å². The van der Waals surface area contributed by atoms with Crippen LogP contribution in [0.4, 0.5) is 11.4 Å². The van der Waals surface area contributed by atoms with E-state index in [0.29, 0.717) is 22.5 Å². The van der Waals surface area contributed by atoms with Crippen molar-refractivity contribution < 1.29 is 19.8 Å². The molecule has 0 unspecified atom stereocenters. The Labute approximate surface area is 202 Å². The Morgan fingerprint density at radius 1 is 1.00 bits per heavy atom. The lowest BCUT2D eigenvalue weighted by molar-refractivity contribution is 0.0695. The summed E-state index contributed by atoms with van der Waals surface area (Å²) in [5, 5.41) is 23.2. The molecule has 1 fully saturated rings. The average molecular weight is 477 g/mol. The highest BCUT2D eigenvalue weighted by atomic mass is 16.4. The highest BCUT2D eigenvalue weighted by Crippen LogP contribution is 2.29. The van der Waals surface area contributed by atoms with E-state index in [4.69, 9.17) is 5.73 Å². The van der Waals surface area contributed by atoms with Gasteiger partial charge in [0.05, 0.1) is 23.2 Å². The number of carboxylic acids is 1. The van der Waals surface area contributed by atoms with Gasteiger partial charge >= 0.3 is 5.97 Å². The number of amides is 1. The second-order valence-corrected chi connectivity index (χ2v) is 8.51. The zero-order valence-electron chi connectivity index (χ0n) is 19.2. The molecule has 2 heterocycles. The molecule has 0 aliphatic carbocycles. The van der Waals surface area contributed by atoms with Crippen LogP contribution < -0.4 is 21.5 Å². The van der Waals surface area contributed by atoms with Gasteiger partial charge in [0.25, 0.3) is 5.56 Å². The number of carbonyl (C=O) groups is 2. The minimum absolute atomic E-state index is 0.0279. The number of nitrogens with one attached hydrogen (secondary N) is 1. The van der Waals surface area contributed by atoms with Gasteiger partial charge in [-0.1, -0.05) is 30.3 Å². The molecule has 1 aromatic heterocycles. The van der Waals surface area contributed by atoms with Crippen LogP contribution in [0.25, 0.3) is 5.69 Å². The smallest absolute Gasteiger partial charge is 0.343 e. The largest absolute Gasteiger partial charge is 0.477 e. The first kappa shape index (κ1) is 24.0. The van der Waals surface area contributed by atoms with Crippen LogP contribution in [0.3, 0.4) is 0 Å². The number of aromatic carboxylic acids is 1. The molecule has 2 aromatic carbocycles. The molecule has 182 valence electrons. The van der Waals surface area contributed by atoms with Gasteiger partial charge in [-0.05, 0) is 49.1 Å². The summed E-state index contributed by atoms with van der Waals surface area (Å²) in [4.78, 5) is 39.3. The Bertz CT molecular complexity index is 1280. The number of aromatic nitrogens is 1. The summed E-state index contributed by atoms with van der Waals surface area (Å²) in [6.07, 6.45) is 3.66. The van der Waals surface area contributed by atoms with Crippen LogP contribution in [-0.4, -0.2) is 46.3 Å². The zero-order valence-corrected chi connectivity index (χ0v) is 19.2. The second kappa shape index (κ2) is 10.4.